The van der Waals surface area contributed by atoms with E-state index in [1.54, 1.807) is 0 Å². The van der Waals surface area contributed by atoms with E-state index in [1.165, 1.54) is 0 Å². The van der Waals surface area contributed by atoms with Crippen LogP contribution in [0, 0.1) is 6.92 Å². The van der Waals surface area contributed by atoms with Gasteiger partial charge in [-0.1, -0.05) is 11.6 Å². The van der Waals surface area contributed by atoms with Crippen LogP contribution in [0.15, 0.2) is 18.2 Å². The van der Waals surface area contributed by atoms with Gasteiger partial charge in [-0.3, -0.25) is 4.79 Å². The van der Waals surface area contributed by atoms with Crippen molar-refractivity contribution >= 4 is 17.5 Å². The molecule has 2 atom stereocenters. The molecule has 3 rings (SSSR count). The Morgan fingerprint density at radius 3 is 3.13 bits per heavy atom. The number of ether oxygens (including phenoxy) is 2. The Balaban J connectivity index is 1.43. The Kier molecular flexibility index (Phi) is 5.44. The van der Waals surface area contributed by atoms with Crippen molar-refractivity contribution in [1.29, 1.82) is 0 Å². The van der Waals surface area contributed by atoms with Gasteiger partial charge in [0.1, 0.15) is 5.75 Å². The summed E-state index contributed by atoms with van der Waals surface area (Å²) in [6.07, 6.45) is 4.87. The summed E-state index contributed by atoms with van der Waals surface area (Å²) >= 11 is 6.00. The highest BCUT2D eigenvalue weighted by Gasteiger charge is 2.37. The van der Waals surface area contributed by atoms with Crippen molar-refractivity contribution in [2.75, 3.05) is 19.8 Å². The maximum absolute atomic E-state index is 12.4. The third kappa shape index (κ3) is 3.99. The van der Waals surface area contributed by atoms with Gasteiger partial charge >= 0.3 is 0 Å². The molecule has 126 valence electrons. The molecule has 1 aromatic carbocycles. The number of fused-ring (bicyclic) bond motifs is 1. The average molecular weight is 338 g/mol. The molecule has 2 aliphatic rings. The van der Waals surface area contributed by atoms with Crippen LogP contribution in [0.2, 0.25) is 5.02 Å². The van der Waals surface area contributed by atoms with Gasteiger partial charge in [0, 0.05) is 18.0 Å². The van der Waals surface area contributed by atoms with Gasteiger partial charge in [-0.2, -0.15) is 0 Å². The van der Waals surface area contributed by atoms with Gasteiger partial charge < -0.3 is 14.4 Å². The molecular weight excluding hydrogens is 314 g/mol. The highest BCUT2D eigenvalue weighted by molar-refractivity contribution is 6.31. The van der Waals surface area contributed by atoms with Crippen LogP contribution in [0.25, 0.3) is 0 Å². The monoisotopic (exact) mass is 337 g/mol. The van der Waals surface area contributed by atoms with Gasteiger partial charge in [0.15, 0.2) is 0 Å². The maximum Gasteiger partial charge on any atom is 0.223 e. The predicted octanol–water partition coefficient (Wildman–Crippen LogP) is 3.59. The highest BCUT2D eigenvalue weighted by atomic mass is 35.5. The van der Waals surface area contributed by atoms with Gasteiger partial charge in [0.25, 0.3) is 0 Å². The molecule has 0 unspecified atom stereocenters. The molecule has 1 aromatic rings. The van der Waals surface area contributed by atoms with E-state index in [9.17, 15) is 4.79 Å². The molecule has 0 bridgehead atoms. The van der Waals surface area contributed by atoms with Crippen LogP contribution in [0.5, 0.6) is 5.75 Å². The van der Waals surface area contributed by atoms with E-state index in [2.05, 4.69) is 0 Å². The number of aryl methyl sites for hydroxylation is 1. The Morgan fingerprint density at radius 2 is 2.30 bits per heavy atom. The van der Waals surface area contributed by atoms with Crippen molar-refractivity contribution in [3.63, 3.8) is 0 Å². The number of halogens is 1. The minimum atomic E-state index is 0.237. The fourth-order valence-corrected chi connectivity index (χ4v) is 3.62. The molecule has 1 amide bonds. The number of rotatable bonds is 5. The molecule has 4 nitrogen and oxygen atoms in total. The normalized spacial score (nSPS) is 23.7. The van der Waals surface area contributed by atoms with Gasteiger partial charge in [-0.15, -0.1) is 0 Å². The zero-order valence-electron chi connectivity index (χ0n) is 13.6. The summed E-state index contributed by atoms with van der Waals surface area (Å²) in [7, 11) is 0. The van der Waals surface area contributed by atoms with E-state index < -0.39 is 0 Å². The number of hydrogen-bond donors (Lipinski definition) is 0. The summed E-state index contributed by atoms with van der Waals surface area (Å²) in [5.74, 6) is 1.04. The van der Waals surface area contributed by atoms with Crippen LogP contribution in [0.3, 0.4) is 0 Å². The van der Waals surface area contributed by atoms with Crippen LogP contribution in [-0.2, 0) is 9.53 Å². The van der Waals surface area contributed by atoms with E-state index in [4.69, 9.17) is 21.1 Å². The maximum atomic E-state index is 12.4. The molecular formula is C18H24ClNO3. The molecule has 1 saturated heterocycles. The molecule has 23 heavy (non-hydrogen) atoms. The van der Waals surface area contributed by atoms with Crippen LogP contribution < -0.4 is 4.74 Å². The Bertz CT molecular complexity index is 563. The number of carbonyl (C=O) groups is 1. The topological polar surface area (TPSA) is 38.8 Å². The molecule has 5 heteroatoms. The van der Waals surface area contributed by atoms with E-state index in [1.807, 2.05) is 30.0 Å². The van der Waals surface area contributed by atoms with Crippen LogP contribution in [-0.4, -0.2) is 42.7 Å². The fraction of sp³-hybridized carbons (Fsp3) is 0.611. The van der Waals surface area contributed by atoms with E-state index in [0.29, 0.717) is 25.7 Å². The first kappa shape index (κ1) is 16.6. The Labute approximate surface area is 142 Å². The smallest absolute Gasteiger partial charge is 0.223 e. The van der Waals surface area contributed by atoms with Crippen LogP contribution >= 0.6 is 11.6 Å². The molecule has 0 spiro atoms. The minimum absolute atomic E-state index is 0.237. The zero-order chi connectivity index (χ0) is 16.2. The standard InChI is InChI=1S/C18H24ClNO3/c1-13-12-14(7-8-15(13)19)22-10-3-6-18(21)20-9-11-23-17-5-2-4-16(17)20/h7-8,12,16-17H,2-6,9-11H2,1H3/t16-,17-/m0/s1. The lowest BCUT2D eigenvalue weighted by Gasteiger charge is -2.37. The van der Waals surface area contributed by atoms with Crippen LogP contribution in [0.4, 0.5) is 0 Å². The van der Waals surface area contributed by atoms with Gasteiger partial charge in [-0.05, 0) is 56.4 Å². The van der Waals surface area contributed by atoms with Crippen molar-refractivity contribution in [2.24, 2.45) is 0 Å². The first-order valence-electron chi connectivity index (χ1n) is 8.45. The molecule has 0 N–H and O–H groups in total. The van der Waals surface area contributed by atoms with Crippen molar-refractivity contribution in [1.82, 2.24) is 4.90 Å². The summed E-state index contributed by atoms with van der Waals surface area (Å²) in [4.78, 5) is 14.5. The van der Waals surface area contributed by atoms with Gasteiger partial charge in [-0.25, -0.2) is 0 Å². The van der Waals surface area contributed by atoms with Crippen LogP contribution in [0.1, 0.15) is 37.7 Å². The summed E-state index contributed by atoms with van der Waals surface area (Å²) in [5, 5.41) is 0.742. The van der Waals surface area contributed by atoms with Crippen molar-refractivity contribution in [3.05, 3.63) is 28.8 Å². The second kappa shape index (κ2) is 7.54. The quantitative estimate of drug-likeness (QED) is 0.771. The molecule has 0 radical (unpaired) electrons. The number of hydrogen-bond acceptors (Lipinski definition) is 3. The largest absolute Gasteiger partial charge is 0.494 e. The van der Waals surface area contributed by atoms with E-state index >= 15 is 0 Å². The minimum Gasteiger partial charge on any atom is -0.494 e. The molecule has 1 heterocycles. The number of carbonyl (C=O) groups excluding carboxylic acids is 1. The Hall–Kier alpha value is -1.26. The van der Waals surface area contributed by atoms with Crippen molar-refractivity contribution < 1.29 is 14.3 Å². The molecule has 0 aromatic heterocycles. The first-order chi connectivity index (χ1) is 11.1. The van der Waals surface area contributed by atoms with Crippen molar-refractivity contribution in [3.8, 4) is 5.75 Å². The second-order valence-electron chi connectivity index (χ2n) is 6.36. The first-order valence-corrected chi connectivity index (χ1v) is 8.83. The third-order valence-electron chi connectivity index (χ3n) is 4.74. The van der Waals surface area contributed by atoms with E-state index in [0.717, 1.165) is 48.6 Å². The summed E-state index contributed by atoms with van der Waals surface area (Å²) in [5.41, 5.74) is 1.00. The predicted molar refractivity (Wildman–Crippen MR) is 90.0 cm³/mol. The van der Waals surface area contributed by atoms with Gasteiger partial charge in [0.05, 0.1) is 25.4 Å². The SMILES string of the molecule is Cc1cc(OCCCC(=O)N2CCO[C@H]3CCC[C@@H]32)ccc1Cl. The lowest BCUT2D eigenvalue weighted by atomic mass is 10.1. The lowest BCUT2D eigenvalue weighted by Crippen LogP contribution is -2.51. The lowest BCUT2D eigenvalue weighted by molar-refractivity contribution is -0.144. The molecule has 1 aliphatic heterocycles. The van der Waals surface area contributed by atoms with Crippen molar-refractivity contribution in [2.45, 2.75) is 51.2 Å². The summed E-state index contributed by atoms with van der Waals surface area (Å²) < 4.78 is 11.5. The zero-order valence-corrected chi connectivity index (χ0v) is 14.3. The average Bonchev–Trinajstić information content (AvgIpc) is 3.03. The number of benzene rings is 1. The third-order valence-corrected chi connectivity index (χ3v) is 5.16. The molecule has 1 aliphatic carbocycles. The van der Waals surface area contributed by atoms with Gasteiger partial charge in [0.2, 0.25) is 5.91 Å². The number of morpholine rings is 1. The molecule has 1 saturated carbocycles. The Morgan fingerprint density at radius 1 is 1.43 bits per heavy atom. The van der Waals surface area contributed by atoms with E-state index in [-0.39, 0.29) is 12.0 Å². The summed E-state index contributed by atoms with van der Waals surface area (Å²) in [6.45, 7) is 3.91. The molecule has 2 fully saturated rings. The highest BCUT2D eigenvalue weighted by Crippen LogP contribution is 2.30. The fourth-order valence-electron chi connectivity index (χ4n) is 3.50. The second-order valence-corrected chi connectivity index (χ2v) is 6.76. The summed E-state index contributed by atoms with van der Waals surface area (Å²) in [6, 6.07) is 5.93. The number of amides is 1. The number of nitrogens with zero attached hydrogens (tertiary/aromatic N) is 1.